The van der Waals surface area contributed by atoms with Gasteiger partial charge < -0.3 is 10.3 Å². The molecule has 1 heterocycles. The molecule has 0 spiro atoms. The second-order valence-electron chi connectivity index (χ2n) is 7.26. The van der Waals surface area contributed by atoms with Gasteiger partial charge in [0.1, 0.15) is 5.82 Å². The molecule has 4 rings (SSSR count). The standard InChI is InChI=1S/C22H25N3O/c26-22(15-16-7-1-2-8-16)25-18-10-4-3-9-17(18)13-14-21-23-19-11-5-6-12-20(19)24-21/h3-6,9-12,16H,1-2,7-8,13-15H2,(H,23,24)(H,25,26). The molecular formula is C22H25N3O. The van der Waals surface area contributed by atoms with Crippen molar-refractivity contribution < 1.29 is 4.79 Å². The fraction of sp³-hybridized carbons (Fsp3) is 0.364. The highest BCUT2D eigenvalue weighted by Crippen LogP contribution is 2.28. The molecule has 3 aromatic rings. The Morgan fingerprint density at radius 1 is 1.04 bits per heavy atom. The van der Waals surface area contributed by atoms with Gasteiger partial charge in [0.25, 0.3) is 0 Å². The molecule has 1 aromatic heterocycles. The molecule has 0 atom stereocenters. The predicted octanol–water partition coefficient (Wildman–Crippen LogP) is 4.87. The molecule has 2 N–H and O–H groups in total. The fourth-order valence-electron chi connectivity index (χ4n) is 3.92. The molecule has 4 heteroatoms. The van der Waals surface area contributed by atoms with Gasteiger partial charge >= 0.3 is 0 Å². The number of hydrogen-bond acceptors (Lipinski definition) is 2. The molecule has 2 aromatic carbocycles. The van der Waals surface area contributed by atoms with Crippen molar-refractivity contribution in [3.63, 3.8) is 0 Å². The van der Waals surface area contributed by atoms with E-state index in [1.807, 2.05) is 42.5 Å². The number of H-pyrrole nitrogens is 1. The van der Waals surface area contributed by atoms with Crippen LogP contribution in [0.15, 0.2) is 48.5 Å². The lowest BCUT2D eigenvalue weighted by molar-refractivity contribution is -0.117. The van der Waals surface area contributed by atoms with Crippen LogP contribution in [0, 0.1) is 5.92 Å². The van der Waals surface area contributed by atoms with Gasteiger partial charge in [-0.2, -0.15) is 0 Å². The van der Waals surface area contributed by atoms with E-state index in [0.29, 0.717) is 12.3 Å². The summed E-state index contributed by atoms with van der Waals surface area (Å²) in [5, 5.41) is 3.13. The van der Waals surface area contributed by atoms with E-state index >= 15 is 0 Å². The Morgan fingerprint density at radius 2 is 1.81 bits per heavy atom. The summed E-state index contributed by atoms with van der Waals surface area (Å²) in [6.07, 6.45) is 7.25. The van der Waals surface area contributed by atoms with E-state index in [1.165, 1.54) is 25.7 Å². The normalized spacial score (nSPS) is 14.8. The van der Waals surface area contributed by atoms with Gasteiger partial charge in [-0.15, -0.1) is 0 Å². The summed E-state index contributed by atoms with van der Waals surface area (Å²) in [7, 11) is 0. The van der Waals surface area contributed by atoms with Crippen LogP contribution in [0.4, 0.5) is 5.69 Å². The monoisotopic (exact) mass is 347 g/mol. The number of rotatable bonds is 6. The summed E-state index contributed by atoms with van der Waals surface area (Å²) >= 11 is 0. The van der Waals surface area contributed by atoms with E-state index < -0.39 is 0 Å². The van der Waals surface area contributed by atoms with Crippen molar-refractivity contribution in [3.05, 3.63) is 59.9 Å². The smallest absolute Gasteiger partial charge is 0.224 e. The topological polar surface area (TPSA) is 57.8 Å². The highest BCUT2D eigenvalue weighted by molar-refractivity contribution is 5.91. The Labute approximate surface area is 154 Å². The molecule has 0 bridgehead atoms. The first-order valence-corrected chi connectivity index (χ1v) is 9.59. The summed E-state index contributed by atoms with van der Waals surface area (Å²) < 4.78 is 0. The molecule has 4 nitrogen and oxygen atoms in total. The van der Waals surface area contributed by atoms with Crippen LogP contribution in [-0.4, -0.2) is 15.9 Å². The summed E-state index contributed by atoms with van der Waals surface area (Å²) in [5.41, 5.74) is 4.17. The maximum Gasteiger partial charge on any atom is 0.224 e. The number of aromatic amines is 1. The van der Waals surface area contributed by atoms with Gasteiger partial charge in [-0.25, -0.2) is 4.98 Å². The first-order valence-electron chi connectivity index (χ1n) is 9.59. The maximum atomic E-state index is 12.4. The van der Waals surface area contributed by atoms with Crippen molar-refractivity contribution in [3.8, 4) is 0 Å². The second kappa shape index (κ2) is 7.73. The molecule has 0 saturated heterocycles. The summed E-state index contributed by atoms with van der Waals surface area (Å²) in [6.45, 7) is 0. The number of aryl methyl sites for hydroxylation is 2. The highest BCUT2D eigenvalue weighted by atomic mass is 16.1. The Kier molecular flexibility index (Phi) is 5.00. The molecule has 1 saturated carbocycles. The SMILES string of the molecule is O=C(CC1CCCC1)Nc1ccccc1CCc1nc2ccccc2[nH]1. The lowest BCUT2D eigenvalue weighted by atomic mass is 10.0. The quantitative estimate of drug-likeness (QED) is 0.668. The summed E-state index contributed by atoms with van der Waals surface area (Å²) in [6, 6.07) is 16.2. The van der Waals surface area contributed by atoms with Crippen LogP contribution in [0.3, 0.4) is 0 Å². The molecule has 0 unspecified atom stereocenters. The van der Waals surface area contributed by atoms with Crippen LogP contribution in [0.25, 0.3) is 11.0 Å². The van der Waals surface area contributed by atoms with Crippen molar-refractivity contribution in [1.82, 2.24) is 9.97 Å². The minimum Gasteiger partial charge on any atom is -0.342 e. The Bertz CT molecular complexity index is 860. The van der Waals surface area contributed by atoms with Crippen LogP contribution in [-0.2, 0) is 17.6 Å². The van der Waals surface area contributed by atoms with Crippen LogP contribution < -0.4 is 5.32 Å². The Hall–Kier alpha value is -2.62. The van der Waals surface area contributed by atoms with Crippen molar-refractivity contribution >= 4 is 22.6 Å². The number of hydrogen-bond donors (Lipinski definition) is 2. The van der Waals surface area contributed by atoms with E-state index in [0.717, 1.165) is 41.0 Å². The van der Waals surface area contributed by atoms with Gasteiger partial charge in [0.2, 0.25) is 5.91 Å². The van der Waals surface area contributed by atoms with Gasteiger partial charge in [-0.1, -0.05) is 43.2 Å². The van der Waals surface area contributed by atoms with Crippen molar-refractivity contribution in [2.45, 2.75) is 44.9 Å². The first kappa shape index (κ1) is 16.8. The molecule has 0 radical (unpaired) electrons. The number of amides is 1. The largest absolute Gasteiger partial charge is 0.342 e. The first-order chi connectivity index (χ1) is 12.8. The van der Waals surface area contributed by atoms with Gasteiger partial charge in [0.05, 0.1) is 11.0 Å². The third-order valence-electron chi connectivity index (χ3n) is 5.31. The van der Waals surface area contributed by atoms with Crippen molar-refractivity contribution in [1.29, 1.82) is 0 Å². The zero-order chi connectivity index (χ0) is 17.8. The average Bonchev–Trinajstić information content (AvgIpc) is 3.30. The predicted molar refractivity (Wildman–Crippen MR) is 105 cm³/mol. The molecular weight excluding hydrogens is 322 g/mol. The Morgan fingerprint density at radius 3 is 2.65 bits per heavy atom. The van der Waals surface area contributed by atoms with E-state index in [2.05, 4.69) is 21.4 Å². The number of anilines is 1. The number of benzene rings is 2. The highest BCUT2D eigenvalue weighted by Gasteiger charge is 2.19. The van der Waals surface area contributed by atoms with Gasteiger partial charge in [0, 0.05) is 18.5 Å². The minimum absolute atomic E-state index is 0.146. The molecule has 1 fully saturated rings. The maximum absolute atomic E-state index is 12.4. The molecule has 1 aliphatic carbocycles. The number of imidazole rings is 1. The van der Waals surface area contributed by atoms with Crippen LogP contribution in [0.5, 0.6) is 0 Å². The number of nitrogens with zero attached hydrogens (tertiary/aromatic N) is 1. The van der Waals surface area contributed by atoms with Crippen molar-refractivity contribution in [2.24, 2.45) is 5.92 Å². The third-order valence-corrected chi connectivity index (χ3v) is 5.31. The van der Waals surface area contributed by atoms with E-state index in [4.69, 9.17) is 0 Å². The van der Waals surface area contributed by atoms with Gasteiger partial charge in [-0.05, 0) is 48.9 Å². The summed E-state index contributed by atoms with van der Waals surface area (Å²) in [4.78, 5) is 20.4. The Balaban J connectivity index is 1.40. The van der Waals surface area contributed by atoms with E-state index in [1.54, 1.807) is 0 Å². The van der Waals surface area contributed by atoms with E-state index in [9.17, 15) is 4.79 Å². The molecule has 134 valence electrons. The number of nitrogens with one attached hydrogen (secondary N) is 2. The number of fused-ring (bicyclic) bond motifs is 1. The zero-order valence-electron chi connectivity index (χ0n) is 15.0. The third kappa shape index (κ3) is 3.96. The number of aromatic nitrogens is 2. The second-order valence-corrected chi connectivity index (χ2v) is 7.26. The summed E-state index contributed by atoms with van der Waals surface area (Å²) in [5.74, 6) is 1.70. The fourth-order valence-corrected chi connectivity index (χ4v) is 3.92. The van der Waals surface area contributed by atoms with Gasteiger partial charge in [-0.3, -0.25) is 4.79 Å². The number of carbonyl (C=O) groups excluding carboxylic acids is 1. The lowest BCUT2D eigenvalue weighted by Crippen LogP contribution is -2.16. The molecule has 1 aliphatic rings. The van der Waals surface area contributed by atoms with Crippen LogP contribution >= 0.6 is 0 Å². The van der Waals surface area contributed by atoms with Gasteiger partial charge in [0.15, 0.2) is 0 Å². The van der Waals surface area contributed by atoms with Crippen molar-refractivity contribution in [2.75, 3.05) is 5.32 Å². The van der Waals surface area contributed by atoms with E-state index in [-0.39, 0.29) is 5.91 Å². The minimum atomic E-state index is 0.146. The molecule has 0 aliphatic heterocycles. The molecule has 1 amide bonds. The lowest BCUT2D eigenvalue weighted by Gasteiger charge is -2.13. The number of para-hydroxylation sites is 3. The number of carbonyl (C=O) groups is 1. The molecule has 26 heavy (non-hydrogen) atoms. The zero-order valence-corrected chi connectivity index (χ0v) is 15.0. The van der Waals surface area contributed by atoms with Crippen LogP contribution in [0.1, 0.15) is 43.5 Å². The van der Waals surface area contributed by atoms with Crippen LogP contribution in [0.2, 0.25) is 0 Å². The average molecular weight is 347 g/mol.